The Kier molecular flexibility index (Phi) is 9.92. The van der Waals surface area contributed by atoms with Gasteiger partial charge in [-0.3, -0.25) is 0 Å². The number of hydrogen-bond acceptors (Lipinski definition) is 2. The molecule has 0 aliphatic heterocycles. The van der Waals surface area contributed by atoms with E-state index in [-0.39, 0.29) is 5.56 Å². The van der Waals surface area contributed by atoms with E-state index in [0.29, 0.717) is 27.8 Å². The molecule has 0 amide bonds. The molecular weight excluding hydrogens is 846 g/mol. The number of nitrogens with zero attached hydrogens (tertiary/aromatic N) is 4. The lowest BCUT2D eigenvalue weighted by atomic mass is 9.91. The van der Waals surface area contributed by atoms with Gasteiger partial charge in [-0.1, -0.05) is 108 Å². The number of halogens is 3. The van der Waals surface area contributed by atoms with Gasteiger partial charge in [0.1, 0.15) is 0 Å². The number of nitriles is 2. The highest BCUT2D eigenvalue weighted by Crippen LogP contribution is 2.43. The van der Waals surface area contributed by atoms with E-state index >= 15 is 0 Å². The molecule has 0 radical (unpaired) electrons. The van der Waals surface area contributed by atoms with Crippen LogP contribution in [0.4, 0.5) is 13.2 Å². The average Bonchev–Trinajstić information content (AvgIpc) is 3.85. The molecule has 0 atom stereocenters. The van der Waals surface area contributed by atoms with Crippen molar-refractivity contribution in [1.29, 1.82) is 10.5 Å². The summed E-state index contributed by atoms with van der Waals surface area (Å²) in [5, 5.41) is 25.5. The second kappa shape index (κ2) is 16.0. The van der Waals surface area contributed by atoms with Crippen LogP contribution in [0.15, 0.2) is 176 Å². The Bertz CT molecular complexity index is 3980. The molecule has 11 rings (SSSR count). The molecule has 0 bridgehead atoms. The van der Waals surface area contributed by atoms with Gasteiger partial charge in [-0.15, -0.1) is 0 Å². The van der Waals surface area contributed by atoms with Gasteiger partial charge in [-0.2, -0.15) is 23.7 Å². The highest BCUT2D eigenvalue weighted by Gasteiger charge is 2.31. The number of aryl methyl sites for hydroxylation is 4. The van der Waals surface area contributed by atoms with E-state index in [1.807, 2.05) is 66.7 Å². The van der Waals surface area contributed by atoms with E-state index in [4.69, 9.17) is 0 Å². The van der Waals surface area contributed by atoms with Gasteiger partial charge in [0.2, 0.25) is 0 Å². The molecule has 0 saturated carbocycles. The third-order valence-electron chi connectivity index (χ3n) is 13.4. The SMILES string of the molecule is Cc1ccc(-c2ccc3c(c2)c2ccccc2n3-c2ccc(C#N)c(-c3cc(-c4ccc(C(F)(F)F)cc4C#N)ccc3-n3c4ccccc4c4cc(-c5ccc(C)cc5C)ccc43)c2)c(C)c1. The molecule has 4 nitrogen and oxygen atoms in total. The summed E-state index contributed by atoms with van der Waals surface area (Å²) in [6.45, 7) is 8.46. The smallest absolute Gasteiger partial charge is 0.309 e. The number of hydrogen-bond donors (Lipinski definition) is 0. The van der Waals surface area contributed by atoms with Gasteiger partial charge in [0.25, 0.3) is 0 Å². The Balaban J connectivity index is 1.17. The molecule has 68 heavy (non-hydrogen) atoms. The average molecular weight is 887 g/mol. The number of rotatable bonds is 6. The second-order valence-electron chi connectivity index (χ2n) is 17.7. The fourth-order valence-corrected chi connectivity index (χ4v) is 10.3. The lowest BCUT2D eigenvalue weighted by molar-refractivity contribution is -0.137. The molecule has 0 saturated heterocycles. The molecule has 7 heteroatoms. The molecule has 11 aromatic rings. The summed E-state index contributed by atoms with van der Waals surface area (Å²) < 4.78 is 46.3. The van der Waals surface area contributed by atoms with Crippen molar-refractivity contribution in [3.63, 3.8) is 0 Å². The minimum absolute atomic E-state index is 0.103. The zero-order chi connectivity index (χ0) is 47.0. The van der Waals surface area contributed by atoms with Crippen LogP contribution in [0.5, 0.6) is 0 Å². The molecule has 0 spiro atoms. The molecule has 0 aliphatic rings. The van der Waals surface area contributed by atoms with Crippen LogP contribution in [0.25, 0.3) is 99.5 Å². The largest absolute Gasteiger partial charge is 0.416 e. The van der Waals surface area contributed by atoms with Crippen LogP contribution in [0.2, 0.25) is 0 Å². The summed E-state index contributed by atoms with van der Waals surface area (Å²) >= 11 is 0. The fourth-order valence-electron chi connectivity index (χ4n) is 10.3. The number of aromatic nitrogens is 2. The van der Waals surface area contributed by atoms with Crippen molar-refractivity contribution in [1.82, 2.24) is 9.13 Å². The van der Waals surface area contributed by atoms with Gasteiger partial charge in [-0.05, 0) is 151 Å². The van der Waals surface area contributed by atoms with Gasteiger partial charge in [-0.25, -0.2) is 0 Å². The van der Waals surface area contributed by atoms with E-state index in [1.54, 1.807) is 0 Å². The predicted octanol–water partition coefficient (Wildman–Crippen LogP) is 16.5. The Morgan fingerprint density at radius 2 is 0.912 bits per heavy atom. The first-order valence-corrected chi connectivity index (χ1v) is 22.4. The summed E-state index contributed by atoms with van der Waals surface area (Å²) in [5.74, 6) is 0. The van der Waals surface area contributed by atoms with E-state index in [2.05, 4.69) is 140 Å². The minimum atomic E-state index is -4.62. The molecule has 326 valence electrons. The van der Waals surface area contributed by atoms with Crippen LogP contribution in [-0.4, -0.2) is 9.13 Å². The Morgan fingerprint density at radius 3 is 1.49 bits per heavy atom. The summed E-state index contributed by atoms with van der Waals surface area (Å²) in [6, 6.07) is 61.9. The van der Waals surface area contributed by atoms with Crippen LogP contribution in [0.1, 0.15) is 38.9 Å². The molecule has 0 N–H and O–H groups in total. The van der Waals surface area contributed by atoms with Crippen LogP contribution in [0.3, 0.4) is 0 Å². The van der Waals surface area contributed by atoms with Gasteiger partial charge in [0.15, 0.2) is 0 Å². The molecule has 0 unspecified atom stereocenters. The third-order valence-corrected chi connectivity index (χ3v) is 13.4. The predicted molar refractivity (Wildman–Crippen MR) is 270 cm³/mol. The van der Waals surface area contributed by atoms with Gasteiger partial charge in [0.05, 0.1) is 56.6 Å². The normalized spacial score (nSPS) is 11.7. The Hall–Kier alpha value is -8.65. The first kappa shape index (κ1) is 42.0. The molecule has 9 aromatic carbocycles. The Labute approximate surface area is 391 Å². The zero-order valence-electron chi connectivity index (χ0n) is 37.7. The molecule has 0 aliphatic carbocycles. The number of fused-ring (bicyclic) bond motifs is 6. The van der Waals surface area contributed by atoms with E-state index < -0.39 is 11.7 Å². The first-order valence-electron chi connectivity index (χ1n) is 22.4. The lowest BCUT2D eigenvalue weighted by Crippen LogP contribution is -2.05. The highest BCUT2D eigenvalue weighted by molar-refractivity contribution is 6.12. The maximum atomic E-state index is 14.0. The highest BCUT2D eigenvalue weighted by atomic mass is 19.4. The number of para-hydroxylation sites is 2. The van der Waals surface area contributed by atoms with Crippen LogP contribution in [0, 0.1) is 50.4 Å². The summed E-state index contributed by atoms with van der Waals surface area (Å²) in [6.07, 6.45) is -4.62. The fraction of sp³-hybridized carbons (Fsp3) is 0.0820. The van der Waals surface area contributed by atoms with Crippen molar-refractivity contribution in [3.05, 3.63) is 215 Å². The van der Waals surface area contributed by atoms with Crippen molar-refractivity contribution >= 4 is 43.6 Å². The van der Waals surface area contributed by atoms with Crippen LogP contribution >= 0.6 is 0 Å². The monoisotopic (exact) mass is 886 g/mol. The van der Waals surface area contributed by atoms with Crippen molar-refractivity contribution in [3.8, 4) is 68.0 Å². The van der Waals surface area contributed by atoms with E-state index in [1.165, 1.54) is 33.9 Å². The van der Waals surface area contributed by atoms with Crippen molar-refractivity contribution < 1.29 is 13.2 Å². The molecular formula is C61H41F3N4. The van der Waals surface area contributed by atoms with Gasteiger partial charge < -0.3 is 9.13 Å². The first-order chi connectivity index (χ1) is 32.9. The van der Waals surface area contributed by atoms with Crippen molar-refractivity contribution in [2.45, 2.75) is 33.9 Å². The van der Waals surface area contributed by atoms with E-state index in [0.717, 1.165) is 83.8 Å². The maximum absolute atomic E-state index is 14.0. The molecule has 2 heterocycles. The van der Waals surface area contributed by atoms with Gasteiger partial charge in [0, 0.05) is 38.4 Å². The molecule has 0 fully saturated rings. The summed E-state index contributed by atoms with van der Waals surface area (Å²) in [5.41, 5.74) is 16.4. The topological polar surface area (TPSA) is 57.4 Å². The van der Waals surface area contributed by atoms with Crippen LogP contribution in [-0.2, 0) is 6.18 Å². The molecule has 2 aromatic heterocycles. The standard InChI is InChI=1S/C61H41F3N4/c1-36-13-21-47(38(3)27-36)40-16-24-58-53(30-40)50-9-5-7-11-56(50)67(58)46-20-15-43(34-65)52(33-46)55-32-42(49-23-19-45(61(62,63)64)29-44(49)35-66)18-26-60(55)68-57-12-8-6-10-51(57)54-31-41(17-25-59(54)68)48-22-14-37(2)28-39(48)4/h5-33H,1-4H3. The van der Waals surface area contributed by atoms with Crippen molar-refractivity contribution in [2.24, 2.45) is 0 Å². The van der Waals surface area contributed by atoms with Gasteiger partial charge >= 0.3 is 6.18 Å². The van der Waals surface area contributed by atoms with E-state index in [9.17, 15) is 23.7 Å². The van der Waals surface area contributed by atoms with Crippen molar-refractivity contribution in [2.75, 3.05) is 0 Å². The zero-order valence-corrected chi connectivity index (χ0v) is 37.7. The third kappa shape index (κ3) is 6.91. The quantitative estimate of drug-likeness (QED) is 0.167. The minimum Gasteiger partial charge on any atom is -0.309 e. The summed E-state index contributed by atoms with van der Waals surface area (Å²) in [7, 11) is 0. The second-order valence-corrected chi connectivity index (χ2v) is 17.7. The number of alkyl halides is 3. The number of benzene rings is 9. The van der Waals surface area contributed by atoms with Crippen LogP contribution < -0.4 is 0 Å². The lowest BCUT2D eigenvalue weighted by Gasteiger charge is -2.19. The Morgan fingerprint density at radius 1 is 0.397 bits per heavy atom. The summed E-state index contributed by atoms with van der Waals surface area (Å²) in [4.78, 5) is 0. The maximum Gasteiger partial charge on any atom is 0.416 e.